The molecule has 0 N–H and O–H groups in total. The molecule has 5 heteroatoms. The normalized spacial score (nSPS) is 11.4. The second-order valence-electron chi connectivity index (χ2n) is 8.85. The van der Waals surface area contributed by atoms with E-state index in [0.717, 1.165) is 5.56 Å². The number of carbonyl (C=O) groups is 1. The van der Waals surface area contributed by atoms with Crippen molar-refractivity contribution in [2.75, 3.05) is 13.7 Å². The van der Waals surface area contributed by atoms with Gasteiger partial charge in [0.25, 0.3) is 0 Å². The monoisotopic (exact) mass is 442 g/mol. The van der Waals surface area contributed by atoms with E-state index in [9.17, 15) is 9.59 Å². The van der Waals surface area contributed by atoms with E-state index >= 15 is 0 Å². The van der Waals surface area contributed by atoms with Gasteiger partial charge in [-0.25, -0.2) is 0 Å². The first-order valence-corrected chi connectivity index (χ1v) is 10.7. The van der Waals surface area contributed by atoms with Crippen LogP contribution in [-0.4, -0.2) is 19.5 Å². The molecule has 0 saturated heterocycles. The molecule has 0 aliphatic carbocycles. The lowest BCUT2D eigenvalue weighted by atomic mass is 9.86. The van der Waals surface area contributed by atoms with Gasteiger partial charge in [-0.05, 0) is 47.4 Å². The maximum Gasteiger partial charge on any atom is 0.235 e. The molecule has 0 saturated carbocycles. The van der Waals surface area contributed by atoms with Crippen molar-refractivity contribution in [3.05, 3.63) is 94.1 Å². The van der Waals surface area contributed by atoms with Crippen molar-refractivity contribution in [2.24, 2.45) is 0 Å². The molecule has 33 heavy (non-hydrogen) atoms. The van der Waals surface area contributed by atoms with Crippen molar-refractivity contribution in [3.8, 4) is 22.8 Å². The van der Waals surface area contributed by atoms with Crippen LogP contribution in [0.1, 0.15) is 36.7 Å². The van der Waals surface area contributed by atoms with Crippen LogP contribution in [-0.2, 0) is 5.41 Å². The molecule has 0 unspecified atom stereocenters. The van der Waals surface area contributed by atoms with Gasteiger partial charge in [0, 0.05) is 11.1 Å². The number of fused-ring (bicyclic) bond motifs is 1. The number of ether oxygens (including phenoxy) is 2. The second-order valence-corrected chi connectivity index (χ2v) is 8.85. The highest BCUT2D eigenvalue weighted by Crippen LogP contribution is 2.33. The van der Waals surface area contributed by atoms with Gasteiger partial charge in [0.15, 0.2) is 18.2 Å². The number of hydrogen-bond acceptors (Lipinski definition) is 5. The fourth-order valence-corrected chi connectivity index (χ4v) is 3.57. The Hall–Kier alpha value is -3.86. The van der Waals surface area contributed by atoms with Crippen LogP contribution < -0.4 is 14.9 Å². The molecule has 0 fully saturated rings. The summed E-state index contributed by atoms with van der Waals surface area (Å²) in [5.41, 5.74) is 2.48. The number of para-hydroxylation sites is 1. The van der Waals surface area contributed by atoms with Gasteiger partial charge in [-0.2, -0.15) is 0 Å². The molecule has 4 rings (SSSR count). The fourth-order valence-electron chi connectivity index (χ4n) is 3.57. The van der Waals surface area contributed by atoms with Gasteiger partial charge >= 0.3 is 0 Å². The first-order valence-electron chi connectivity index (χ1n) is 10.7. The minimum Gasteiger partial charge on any atom is -0.497 e. The summed E-state index contributed by atoms with van der Waals surface area (Å²) in [5, 5.41) is 0.402. The Labute approximate surface area is 192 Å². The smallest absolute Gasteiger partial charge is 0.235 e. The molecule has 3 aromatic carbocycles. The van der Waals surface area contributed by atoms with E-state index in [1.807, 2.05) is 30.3 Å². The lowest BCUT2D eigenvalue weighted by Gasteiger charge is -2.19. The first-order chi connectivity index (χ1) is 15.8. The number of rotatable bonds is 6. The number of Topliss-reactive ketones (excluding diaryl/α,β-unsaturated/α-hetero) is 1. The quantitative estimate of drug-likeness (QED) is 0.341. The Morgan fingerprint density at radius 1 is 0.909 bits per heavy atom. The van der Waals surface area contributed by atoms with Crippen molar-refractivity contribution in [2.45, 2.75) is 26.2 Å². The number of methoxy groups -OCH3 is 1. The summed E-state index contributed by atoms with van der Waals surface area (Å²) in [6.45, 7) is 6.12. The van der Waals surface area contributed by atoms with E-state index in [4.69, 9.17) is 13.9 Å². The molecular weight excluding hydrogens is 416 g/mol. The molecule has 4 aromatic rings. The Morgan fingerprint density at radius 3 is 2.21 bits per heavy atom. The zero-order valence-electron chi connectivity index (χ0n) is 19.2. The summed E-state index contributed by atoms with van der Waals surface area (Å²) in [6.07, 6.45) is 0. The SMILES string of the molecule is COc1ccc(C(=O)COc2c(-c3ccc(C(C)(C)C)cc3)oc3ccccc3c2=O)cc1. The maximum absolute atomic E-state index is 13.3. The van der Waals surface area contributed by atoms with Gasteiger partial charge in [-0.1, -0.05) is 57.2 Å². The molecule has 5 nitrogen and oxygen atoms in total. The topological polar surface area (TPSA) is 65.7 Å². The summed E-state index contributed by atoms with van der Waals surface area (Å²) in [5.74, 6) is 0.739. The molecule has 0 atom stereocenters. The van der Waals surface area contributed by atoms with Gasteiger partial charge < -0.3 is 13.9 Å². The van der Waals surface area contributed by atoms with Crippen LogP contribution in [0.5, 0.6) is 11.5 Å². The molecule has 1 aromatic heterocycles. The van der Waals surface area contributed by atoms with Crippen LogP contribution >= 0.6 is 0 Å². The van der Waals surface area contributed by atoms with E-state index < -0.39 is 0 Å². The second kappa shape index (κ2) is 8.94. The maximum atomic E-state index is 13.3. The van der Waals surface area contributed by atoms with Gasteiger partial charge in [0.05, 0.1) is 12.5 Å². The Kier molecular flexibility index (Phi) is 6.05. The third-order valence-electron chi connectivity index (χ3n) is 5.53. The summed E-state index contributed by atoms with van der Waals surface area (Å²) >= 11 is 0. The lowest BCUT2D eigenvalue weighted by Crippen LogP contribution is -2.17. The standard InChI is InChI=1S/C28H26O5/c1-28(2,3)20-13-9-19(10-14-20)26-27(25(30)22-7-5-6-8-24(22)33-26)32-17-23(29)18-11-15-21(31-4)16-12-18/h5-16H,17H2,1-4H3. The molecule has 168 valence electrons. The van der Waals surface area contributed by atoms with E-state index in [1.165, 1.54) is 0 Å². The molecule has 0 bridgehead atoms. The Balaban J connectivity index is 1.72. The van der Waals surface area contributed by atoms with Crippen molar-refractivity contribution in [3.63, 3.8) is 0 Å². The van der Waals surface area contributed by atoms with E-state index in [0.29, 0.717) is 33.6 Å². The summed E-state index contributed by atoms with van der Waals surface area (Å²) in [7, 11) is 1.56. The Morgan fingerprint density at radius 2 is 1.58 bits per heavy atom. The fraction of sp³-hybridized carbons (Fsp3) is 0.214. The Bertz CT molecular complexity index is 1340. The molecule has 0 aliphatic heterocycles. The predicted molar refractivity (Wildman–Crippen MR) is 129 cm³/mol. The van der Waals surface area contributed by atoms with Crippen LogP contribution in [0.2, 0.25) is 0 Å². The van der Waals surface area contributed by atoms with Crippen LogP contribution in [0.4, 0.5) is 0 Å². The van der Waals surface area contributed by atoms with Crippen molar-refractivity contribution >= 4 is 16.8 Å². The number of benzene rings is 3. The minimum absolute atomic E-state index is 0.00708. The molecule has 1 heterocycles. The average Bonchev–Trinajstić information content (AvgIpc) is 2.83. The molecule has 0 amide bonds. The minimum atomic E-state index is -0.311. The highest BCUT2D eigenvalue weighted by atomic mass is 16.5. The average molecular weight is 443 g/mol. The summed E-state index contributed by atoms with van der Waals surface area (Å²) in [4.78, 5) is 26.0. The van der Waals surface area contributed by atoms with Crippen molar-refractivity contribution in [1.82, 2.24) is 0 Å². The van der Waals surface area contributed by atoms with Crippen LogP contribution in [0.15, 0.2) is 82.0 Å². The third-order valence-corrected chi connectivity index (χ3v) is 5.53. The van der Waals surface area contributed by atoms with Crippen LogP contribution in [0, 0.1) is 0 Å². The lowest BCUT2D eigenvalue weighted by molar-refractivity contribution is 0.0920. The van der Waals surface area contributed by atoms with Gasteiger partial charge in [0.1, 0.15) is 11.3 Å². The summed E-state index contributed by atoms with van der Waals surface area (Å²) < 4.78 is 17.0. The highest BCUT2D eigenvalue weighted by Gasteiger charge is 2.20. The van der Waals surface area contributed by atoms with Crippen LogP contribution in [0.3, 0.4) is 0 Å². The molecular formula is C28H26O5. The summed E-state index contributed by atoms with van der Waals surface area (Å²) in [6, 6.07) is 21.6. The molecule has 0 aliphatic rings. The van der Waals surface area contributed by atoms with Crippen molar-refractivity contribution in [1.29, 1.82) is 0 Å². The predicted octanol–water partition coefficient (Wildman–Crippen LogP) is 6.03. The zero-order valence-corrected chi connectivity index (χ0v) is 19.2. The first kappa shape index (κ1) is 22.3. The zero-order chi connectivity index (χ0) is 23.6. The third kappa shape index (κ3) is 4.67. The highest BCUT2D eigenvalue weighted by molar-refractivity contribution is 5.97. The van der Waals surface area contributed by atoms with E-state index in [2.05, 4.69) is 20.8 Å². The van der Waals surface area contributed by atoms with Gasteiger partial charge in [-0.3, -0.25) is 9.59 Å². The number of hydrogen-bond donors (Lipinski definition) is 0. The van der Waals surface area contributed by atoms with E-state index in [-0.39, 0.29) is 29.0 Å². The van der Waals surface area contributed by atoms with Gasteiger partial charge in [-0.15, -0.1) is 0 Å². The van der Waals surface area contributed by atoms with E-state index in [1.54, 1.807) is 49.6 Å². The molecule has 0 spiro atoms. The van der Waals surface area contributed by atoms with Crippen LogP contribution in [0.25, 0.3) is 22.3 Å². The number of ketones is 1. The molecule has 0 radical (unpaired) electrons. The number of carbonyl (C=O) groups excluding carboxylic acids is 1. The van der Waals surface area contributed by atoms with Crippen molar-refractivity contribution < 1.29 is 18.7 Å². The van der Waals surface area contributed by atoms with Gasteiger partial charge in [0.2, 0.25) is 11.2 Å². The largest absolute Gasteiger partial charge is 0.497 e.